The number of benzene rings is 2. The average Bonchev–Trinajstić information content (AvgIpc) is 3.29. The van der Waals surface area contributed by atoms with E-state index in [0.717, 1.165) is 12.0 Å². The second kappa shape index (κ2) is 8.57. The van der Waals surface area contributed by atoms with Crippen molar-refractivity contribution in [3.63, 3.8) is 0 Å². The molecule has 0 amide bonds. The van der Waals surface area contributed by atoms with Gasteiger partial charge in [0.1, 0.15) is 17.4 Å². The van der Waals surface area contributed by atoms with Crippen molar-refractivity contribution in [3.05, 3.63) is 48.2 Å². The number of anilines is 1. The van der Waals surface area contributed by atoms with Gasteiger partial charge >= 0.3 is 11.9 Å². The van der Waals surface area contributed by atoms with Gasteiger partial charge in [0, 0.05) is 11.0 Å². The molecule has 1 atom stereocenters. The van der Waals surface area contributed by atoms with Crippen LogP contribution in [0.2, 0.25) is 0 Å². The van der Waals surface area contributed by atoms with Gasteiger partial charge in [-0.3, -0.25) is 9.35 Å². The highest BCUT2D eigenvalue weighted by Crippen LogP contribution is 2.43. The third-order valence-electron chi connectivity index (χ3n) is 5.44. The van der Waals surface area contributed by atoms with E-state index >= 15 is 0 Å². The Hall–Kier alpha value is -3.14. The van der Waals surface area contributed by atoms with Gasteiger partial charge in [-0.1, -0.05) is 5.04 Å². The van der Waals surface area contributed by atoms with Gasteiger partial charge in [-0.15, -0.1) is 4.33 Å². The molecular formula is C20H17N2O10S2+. The van der Waals surface area contributed by atoms with Crippen molar-refractivity contribution in [2.24, 2.45) is 0 Å². The Kier molecular flexibility index (Phi) is 5.71. The van der Waals surface area contributed by atoms with Crippen LogP contribution in [0.25, 0.3) is 17.2 Å². The molecule has 2 N–H and O–H groups in total. The monoisotopic (exact) mass is 509 g/mol. The van der Waals surface area contributed by atoms with Gasteiger partial charge in [0.15, 0.2) is 11.8 Å². The maximum absolute atomic E-state index is 12.3. The van der Waals surface area contributed by atoms with Crippen LogP contribution in [-0.2, 0) is 29.0 Å². The number of esters is 1. The average molecular weight is 509 g/mol. The molecule has 1 aromatic heterocycles. The summed E-state index contributed by atoms with van der Waals surface area (Å²) < 4.78 is 55.9. The molecule has 34 heavy (non-hydrogen) atoms. The first kappa shape index (κ1) is 22.6. The summed E-state index contributed by atoms with van der Waals surface area (Å²) in [5, 5.41) is 12.1. The number of fused-ring (bicyclic) bond motifs is 6. The van der Waals surface area contributed by atoms with Crippen LogP contribution in [0.1, 0.15) is 18.4 Å². The standard InChI is InChI=1S/C20H16N2O10S2/c1-28-20(23)6-11-10-21-14-7-12(33-32-31-24)2-4-16(14)29-18(21)9-19-22(11)15-8-13(34(25,26)27)3-5-17(15)30-19/h2-5,7-9,11H,6,10H2,1H3,(H-,24,25,26,27)/p+1. The van der Waals surface area contributed by atoms with E-state index in [9.17, 15) is 17.8 Å². The zero-order valence-corrected chi connectivity index (χ0v) is 19.0. The SMILES string of the molecule is COC(=O)CC1CN2C(=Cc3oc4ccc(S(=O)(=O)O)cc4[n+]31)Oc1ccc(SOOO)cc12. The van der Waals surface area contributed by atoms with E-state index in [0.29, 0.717) is 39.2 Å². The van der Waals surface area contributed by atoms with Crippen molar-refractivity contribution < 1.29 is 50.9 Å². The molecule has 0 aliphatic carbocycles. The van der Waals surface area contributed by atoms with Gasteiger partial charge in [-0.05, 0) is 30.3 Å². The number of carbonyl (C=O) groups is 1. The fourth-order valence-corrected chi connectivity index (χ4v) is 4.89. The first-order valence-corrected chi connectivity index (χ1v) is 11.9. The lowest BCUT2D eigenvalue weighted by Gasteiger charge is -2.19. The second-order valence-electron chi connectivity index (χ2n) is 7.40. The van der Waals surface area contributed by atoms with Crippen molar-refractivity contribution in [2.45, 2.75) is 22.3 Å². The summed E-state index contributed by atoms with van der Waals surface area (Å²) in [7, 11) is -3.18. The Morgan fingerprint density at radius 1 is 1.29 bits per heavy atom. The van der Waals surface area contributed by atoms with Crippen LogP contribution in [0.15, 0.2) is 56.5 Å². The number of rotatable bonds is 6. The lowest BCUT2D eigenvalue weighted by atomic mass is 10.1. The summed E-state index contributed by atoms with van der Waals surface area (Å²) in [6.07, 6.45) is 1.58. The van der Waals surface area contributed by atoms with E-state index in [1.807, 2.05) is 4.90 Å². The number of ether oxygens (including phenoxy) is 2. The lowest BCUT2D eigenvalue weighted by Crippen LogP contribution is -2.46. The quantitative estimate of drug-likeness (QED) is 0.126. The van der Waals surface area contributed by atoms with Crippen LogP contribution in [0.4, 0.5) is 5.69 Å². The molecule has 178 valence electrons. The van der Waals surface area contributed by atoms with E-state index in [2.05, 4.69) is 9.37 Å². The predicted molar refractivity (Wildman–Crippen MR) is 115 cm³/mol. The topological polar surface area (TPSA) is 149 Å². The fourth-order valence-electron chi connectivity index (χ4n) is 4.00. The summed E-state index contributed by atoms with van der Waals surface area (Å²) in [5.41, 5.74) is 1.40. The zero-order valence-electron chi connectivity index (χ0n) is 17.4. The Balaban J connectivity index is 1.64. The third kappa shape index (κ3) is 4.00. The van der Waals surface area contributed by atoms with Crippen LogP contribution in [-0.4, -0.2) is 37.9 Å². The normalized spacial score (nSPS) is 16.9. The highest BCUT2D eigenvalue weighted by molar-refractivity contribution is 7.94. The van der Waals surface area contributed by atoms with E-state index < -0.39 is 22.1 Å². The largest absolute Gasteiger partial charge is 0.469 e. The maximum atomic E-state index is 12.3. The highest BCUT2D eigenvalue weighted by atomic mass is 32.2. The van der Waals surface area contributed by atoms with Gasteiger partial charge in [0.05, 0.1) is 31.4 Å². The molecule has 2 aliphatic rings. The smallest absolute Gasteiger partial charge is 0.379 e. The number of hydrogen-bond acceptors (Lipinski definition) is 11. The molecule has 0 bridgehead atoms. The van der Waals surface area contributed by atoms with Crippen LogP contribution >= 0.6 is 12.0 Å². The number of nitrogens with zero attached hydrogens (tertiary/aromatic N) is 2. The van der Waals surface area contributed by atoms with Gasteiger partial charge in [0.2, 0.25) is 11.5 Å². The molecule has 2 aliphatic heterocycles. The highest BCUT2D eigenvalue weighted by Gasteiger charge is 2.41. The molecule has 3 heterocycles. The van der Waals surface area contributed by atoms with E-state index in [1.165, 1.54) is 25.3 Å². The molecule has 0 radical (unpaired) electrons. The van der Waals surface area contributed by atoms with Crippen LogP contribution < -0.4 is 14.2 Å². The molecule has 3 aromatic rings. The number of methoxy groups -OCH3 is 1. The minimum atomic E-state index is -4.46. The Labute approximate surface area is 196 Å². The van der Waals surface area contributed by atoms with E-state index in [-0.39, 0.29) is 17.9 Å². The van der Waals surface area contributed by atoms with Crippen LogP contribution in [0, 0.1) is 0 Å². The van der Waals surface area contributed by atoms with Crippen LogP contribution in [0.5, 0.6) is 5.75 Å². The summed E-state index contributed by atoms with van der Waals surface area (Å²) in [4.78, 5) is 14.4. The summed E-state index contributed by atoms with van der Waals surface area (Å²) >= 11 is 0.789. The molecule has 5 rings (SSSR count). The first-order valence-electron chi connectivity index (χ1n) is 9.77. The van der Waals surface area contributed by atoms with Gasteiger partial charge in [-0.2, -0.15) is 13.0 Å². The summed E-state index contributed by atoms with van der Waals surface area (Å²) in [6, 6.07) is 8.57. The van der Waals surface area contributed by atoms with Crippen molar-refractivity contribution >= 4 is 51.0 Å². The van der Waals surface area contributed by atoms with Crippen LogP contribution in [0.3, 0.4) is 0 Å². The Morgan fingerprint density at radius 2 is 2.12 bits per heavy atom. The molecule has 2 aromatic carbocycles. The number of hydrogen-bond donors (Lipinski definition) is 2. The van der Waals surface area contributed by atoms with E-state index in [4.69, 9.17) is 19.1 Å². The maximum Gasteiger partial charge on any atom is 0.379 e. The summed E-state index contributed by atoms with van der Waals surface area (Å²) in [6.45, 7) is 0.238. The minimum absolute atomic E-state index is 0.0538. The van der Waals surface area contributed by atoms with Crippen molar-refractivity contribution in [3.8, 4) is 5.75 Å². The van der Waals surface area contributed by atoms with Crippen molar-refractivity contribution in [2.75, 3.05) is 18.6 Å². The van der Waals surface area contributed by atoms with Gasteiger partial charge < -0.3 is 18.8 Å². The predicted octanol–water partition coefficient (Wildman–Crippen LogP) is 2.71. The van der Waals surface area contributed by atoms with Gasteiger partial charge in [-0.25, -0.2) is 5.26 Å². The van der Waals surface area contributed by atoms with Crippen molar-refractivity contribution in [1.82, 2.24) is 0 Å². The van der Waals surface area contributed by atoms with Gasteiger partial charge in [0.25, 0.3) is 15.6 Å². The summed E-state index contributed by atoms with van der Waals surface area (Å²) in [5.74, 6) is 0.806. The molecule has 0 spiro atoms. The number of carbonyl (C=O) groups excluding carboxylic acids is 1. The molecule has 14 heteroatoms. The Morgan fingerprint density at radius 3 is 2.85 bits per heavy atom. The second-order valence-corrected chi connectivity index (χ2v) is 9.60. The third-order valence-corrected chi connectivity index (χ3v) is 6.86. The number of oxazole rings is 1. The molecule has 0 saturated carbocycles. The lowest BCUT2D eigenvalue weighted by molar-refractivity contribution is -0.700. The molecule has 0 saturated heterocycles. The minimum Gasteiger partial charge on any atom is -0.469 e. The zero-order chi connectivity index (χ0) is 24.0. The molecule has 1 unspecified atom stereocenters. The number of aromatic nitrogens is 1. The fraction of sp³-hybridized carbons (Fsp3) is 0.200. The molecule has 12 nitrogen and oxygen atoms in total. The Bertz CT molecular complexity index is 1430. The molecule has 0 fully saturated rings. The van der Waals surface area contributed by atoms with E-state index in [1.54, 1.807) is 28.8 Å². The molecular weight excluding hydrogens is 492 g/mol. The van der Waals surface area contributed by atoms with Crippen molar-refractivity contribution in [1.29, 1.82) is 0 Å². The first-order chi connectivity index (χ1) is 16.3.